The van der Waals surface area contributed by atoms with Gasteiger partial charge in [-0.2, -0.15) is 4.31 Å². The second-order valence-electron chi connectivity index (χ2n) is 10.9. The maximum Gasteiger partial charge on any atom is 0.294 e. The second kappa shape index (κ2) is 14.4. The highest BCUT2D eigenvalue weighted by molar-refractivity contribution is 7.89. The van der Waals surface area contributed by atoms with Gasteiger partial charge in [-0.15, -0.1) is 25.3 Å². The standard InChI is InChI=1S/C27H37N7O11S/c1-4-6-23-28-18(3)24-26(35)29-25(30-32(23)24)21-17-20(7-8-22(21)43-5-2)46(41,42)31-13-9-19(10-14-31)27(36,11-15-44-33(37)38)12-16-45-34(39)40/h7-8,17,19,36H,4-6,9-16H2,1-3H3,(H,29,30,35). The molecule has 252 valence electrons. The van der Waals surface area contributed by atoms with Gasteiger partial charge in [-0.25, -0.2) is 17.9 Å². The van der Waals surface area contributed by atoms with Crippen molar-refractivity contribution in [1.29, 1.82) is 0 Å². The maximum atomic E-state index is 13.8. The number of aliphatic hydroxyl groups is 1. The zero-order valence-electron chi connectivity index (χ0n) is 25.7. The van der Waals surface area contributed by atoms with Crippen molar-refractivity contribution in [2.75, 3.05) is 32.9 Å². The van der Waals surface area contributed by atoms with E-state index in [1.807, 2.05) is 6.92 Å². The minimum atomic E-state index is -4.09. The molecule has 0 unspecified atom stereocenters. The van der Waals surface area contributed by atoms with Gasteiger partial charge in [0, 0.05) is 32.4 Å². The van der Waals surface area contributed by atoms with Gasteiger partial charge in [0.2, 0.25) is 10.0 Å². The summed E-state index contributed by atoms with van der Waals surface area (Å²) in [6, 6.07) is 4.29. The number of aromatic nitrogens is 4. The molecule has 0 spiro atoms. The predicted molar refractivity (Wildman–Crippen MR) is 161 cm³/mol. The molecule has 4 rings (SSSR count). The summed E-state index contributed by atoms with van der Waals surface area (Å²) in [5.74, 6) is 0.472. The van der Waals surface area contributed by atoms with Crippen molar-refractivity contribution in [3.05, 3.63) is 60.3 Å². The van der Waals surface area contributed by atoms with Gasteiger partial charge >= 0.3 is 0 Å². The molecule has 2 aromatic heterocycles. The third-order valence-electron chi connectivity index (χ3n) is 8.04. The Labute approximate surface area is 263 Å². The van der Waals surface area contributed by atoms with Crippen LogP contribution in [0.4, 0.5) is 0 Å². The average molecular weight is 668 g/mol. The van der Waals surface area contributed by atoms with E-state index in [1.54, 1.807) is 13.8 Å². The number of rotatable bonds is 16. The molecule has 3 heterocycles. The lowest BCUT2D eigenvalue weighted by atomic mass is 9.77. The van der Waals surface area contributed by atoms with Crippen molar-refractivity contribution >= 4 is 15.5 Å². The molecule has 1 aliphatic heterocycles. The first-order valence-corrected chi connectivity index (χ1v) is 16.3. The summed E-state index contributed by atoms with van der Waals surface area (Å²) in [7, 11) is -4.09. The number of ether oxygens (including phenoxy) is 1. The Balaban J connectivity index is 1.61. The first kappa shape index (κ1) is 34.5. The Hall–Kier alpha value is -4.36. The van der Waals surface area contributed by atoms with E-state index in [9.17, 15) is 38.5 Å². The summed E-state index contributed by atoms with van der Waals surface area (Å²) in [6.45, 7) is 4.84. The Kier molecular flexibility index (Phi) is 10.8. The number of nitrogens with one attached hydrogen (secondary N) is 1. The lowest BCUT2D eigenvalue weighted by molar-refractivity contribution is -0.759. The molecule has 1 aliphatic rings. The number of benzene rings is 1. The molecule has 0 radical (unpaired) electrons. The third-order valence-corrected chi connectivity index (χ3v) is 9.93. The molecule has 1 saturated heterocycles. The van der Waals surface area contributed by atoms with Gasteiger partial charge in [0.1, 0.15) is 11.6 Å². The fourth-order valence-electron chi connectivity index (χ4n) is 5.79. The van der Waals surface area contributed by atoms with Crippen LogP contribution in [0.25, 0.3) is 16.9 Å². The van der Waals surface area contributed by atoms with Crippen LogP contribution in [0.1, 0.15) is 57.5 Å². The maximum absolute atomic E-state index is 13.8. The molecular formula is C27H37N7O11S. The van der Waals surface area contributed by atoms with Crippen LogP contribution in [0.15, 0.2) is 27.9 Å². The Morgan fingerprint density at radius 2 is 1.74 bits per heavy atom. The van der Waals surface area contributed by atoms with Gasteiger partial charge in [-0.1, -0.05) is 6.92 Å². The van der Waals surface area contributed by atoms with E-state index in [1.165, 1.54) is 27.0 Å². The number of H-pyrrole nitrogens is 1. The van der Waals surface area contributed by atoms with Crippen molar-refractivity contribution < 1.29 is 38.1 Å². The number of nitrogens with zero attached hydrogens (tertiary/aromatic N) is 6. The van der Waals surface area contributed by atoms with E-state index >= 15 is 0 Å². The van der Waals surface area contributed by atoms with Crippen LogP contribution in [-0.2, 0) is 26.1 Å². The molecule has 19 heteroatoms. The Morgan fingerprint density at radius 1 is 1.11 bits per heavy atom. The van der Waals surface area contributed by atoms with Crippen molar-refractivity contribution in [2.24, 2.45) is 5.92 Å². The lowest BCUT2D eigenvalue weighted by Gasteiger charge is -2.41. The first-order chi connectivity index (χ1) is 21.8. The van der Waals surface area contributed by atoms with E-state index in [2.05, 4.69) is 24.7 Å². The number of aromatic amines is 1. The predicted octanol–water partition coefficient (Wildman–Crippen LogP) is 2.07. The van der Waals surface area contributed by atoms with Crippen LogP contribution in [0.5, 0.6) is 5.75 Å². The quantitative estimate of drug-likeness (QED) is 0.165. The number of imidazole rings is 1. The smallest absolute Gasteiger partial charge is 0.294 e. The molecule has 18 nitrogen and oxygen atoms in total. The van der Waals surface area contributed by atoms with Crippen molar-refractivity contribution in [2.45, 2.75) is 69.8 Å². The number of aryl methyl sites for hydroxylation is 2. The molecule has 2 N–H and O–H groups in total. The summed E-state index contributed by atoms with van der Waals surface area (Å²) >= 11 is 0. The van der Waals surface area contributed by atoms with Crippen molar-refractivity contribution in [3.8, 4) is 17.1 Å². The topological polar surface area (TPSA) is 235 Å². The molecule has 0 amide bonds. The number of fused-ring (bicyclic) bond motifs is 1. The fraction of sp³-hybridized carbons (Fsp3) is 0.593. The normalized spacial score (nSPS) is 14.8. The van der Waals surface area contributed by atoms with Gasteiger partial charge in [-0.3, -0.25) is 4.79 Å². The SMILES string of the molecule is CCCc1nc(C)c2c(=O)[nH]c(-c3cc(S(=O)(=O)N4CCC(C(O)(CCO[N+](=O)[O-])CCO[N+](=O)[O-])CC4)ccc3OCC)nn12. The number of sulfonamides is 1. The number of hydrogen-bond acceptors (Lipinski definition) is 13. The van der Waals surface area contributed by atoms with Crippen LogP contribution in [0, 0.1) is 33.1 Å². The van der Waals surface area contributed by atoms with Crippen molar-refractivity contribution in [1.82, 2.24) is 23.9 Å². The zero-order valence-corrected chi connectivity index (χ0v) is 26.5. The van der Waals surface area contributed by atoms with Gasteiger partial charge < -0.3 is 24.5 Å². The lowest BCUT2D eigenvalue weighted by Crippen LogP contribution is -2.48. The minimum Gasteiger partial charge on any atom is -0.493 e. The third kappa shape index (κ3) is 7.53. The summed E-state index contributed by atoms with van der Waals surface area (Å²) < 4.78 is 36.2. The van der Waals surface area contributed by atoms with Gasteiger partial charge in [0.25, 0.3) is 15.7 Å². The molecule has 0 atom stereocenters. The highest BCUT2D eigenvalue weighted by Crippen LogP contribution is 2.37. The molecule has 0 bridgehead atoms. The van der Waals surface area contributed by atoms with Crippen LogP contribution < -0.4 is 10.3 Å². The molecule has 1 aromatic carbocycles. The van der Waals surface area contributed by atoms with E-state index in [-0.39, 0.29) is 61.7 Å². The van der Waals surface area contributed by atoms with Crippen LogP contribution in [0.2, 0.25) is 0 Å². The zero-order chi connectivity index (χ0) is 33.6. The summed E-state index contributed by atoms with van der Waals surface area (Å²) in [4.78, 5) is 50.2. The minimum absolute atomic E-state index is 0.000223. The summed E-state index contributed by atoms with van der Waals surface area (Å²) in [6.07, 6.45) is 1.27. The van der Waals surface area contributed by atoms with Crippen LogP contribution >= 0.6 is 0 Å². The first-order valence-electron chi connectivity index (χ1n) is 14.8. The molecule has 0 aliphatic carbocycles. The van der Waals surface area contributed by atoms with E-state index in [0.717, 1.165) is 6.42 Å². The molecular weight excluding hydrogens is 630 g/mol. The van der Waals surface area contributed by atoms with Gasteiger partial charge in [-0.05, 0) is 57.2 Å². The second-order valence-corrected chi connectivity index (χ2v) is 12.9. The molecule has 3 aromatic rings. The van der Waals surface area contributed by atoms with E-state index in [0.29, 0.717) is 29.2 Å². The molecule has 1 fully saturated rings. The van der Waals surface area contributed by atoms with Crippen LogP contribution in [-0.4, -0.2) is 86.1 Å². The Morgan fingerprint density at radius 3 is 2.30 bits per heavy atom. The Bertz CT molecular complexity index is 1710. The van der Waals surface area contributed by atoms with Gasteiger partial charge in [0.15, 0.2) is 11.3 Å². The highest BCUT2D eigenvalue weighted by Gasteiger charge is 2.41. The number of hydrogen-bond donors (Lipinski definition) is 2. The van der Waals surface area contributed by atoms with Gasteiger partial charge in [0.05, 0.1) is 41.6 Å². The fourth-order valence-corrected chi connectivity index (χ4v) is 7.28. The largest absolute Gasteiger partial charge is 0.493 e. The highest BCUT2D eigenvalue weighted by atomic mass is 32.2. The molecule has 46 heavy (non-hydrogen) atoms. The molecule has 0 saturated carbocycles. The summed E-state index contributed by atoms with van der Waals surface area (Å²) in [5.41, 5.74) is -0.985. The van der Waals surface area contributed by atoms with Crippen LogP contribution in [0.3, 0.4) is 0 Å². The van der Waals surface area contributed by atoms with Crippen molar-refractivity contribution in [3.63, 3.8) is 0 Å². The summed E-state index contributed by atoms with van der Waals surface area (Å²) in [5, 5.41) is 35.2. The van der Waals surface area contributed by atoms with E-state index in [4.69, 9.17) is 4.74 Å². The monoisotopic (exact) mass is 667 g/mol. The number of piperidine rings is 1. The average Bonchev–Trinajstić information content (AvgIpc) is 3.32. The van der Waals surface area contributed by atoms with E-state index < -0.39 is 50.5 Å².